The van der Waals surface area contributed by atoms with Crippen LogP contribution >= 0.6 is 0 Å². The highest BCUT2D eigenvalue weighted by molar-refractivity contribution is 5.94. The van der Waals surface area contributed by atoms with Crippen LogP contribution < -0.4 is 5.32 Å². The summed E-state index contributed by atoms with van der Waals surface area (Å²) in [7, 11) is 0. The maximum Gasteiger partial charge on any atom is 0.328 e. The lowest BCUT2D eigenvalue weighted by Crippen LogP contribution is -2.42. The van der Waals surface area contributed by atoms with E-state index in [1.165, 1.54) is 12.2 Å². The van der Waals surface area contributed by atoms with Crippen molar-refractivity contribution < 1.29 is 24.2 Å². The molecule has 1 saturated carbocycles. The molecule has 1 aliphatic carbocycles. The Kier molecular flexibility index (Phi) is 4.24. The normalized spacial score (nSPS) is 22.7. The zero-order valence-electron chi connectivity index (χ0n) is 11.1. The van der Waals surface area contributed by atoms with E-state index in [1.54, 1.807) is 6.07 Å². The summed E-state index contributed by atoms with van der Waals surface area (Å²) in [5, 5.41) is 19.6. The third kappa shape index (κ3) is 3.48. The van der Waals surface area contributed by atoms with Crippen molar-refractivity contribution in [2.75, 3.05) is 6.61 Å². The third-order valence-corrected chi connectivity index (χ3v) is 3.32. The fourth-order valence-corrected chi connectivity index (χ4v) is 1.94. The summed E-state index contributed by atoms with van der Waals surface area (Å²) >= 11 is 0. The van der Waals surface area contributed by atoms with Crippen LogP contribution in [0.15, 0.2) is 22.6 Å². The molecule has 0 spiro atoms. The smallest absolute Gasteiger partial charge is 0.328 e. The maximum atomic E-state index is 11.5. The van der Waals surface area contributed by atoms with Crippen LogP contribution in [0.4, 0.5) is 0 Å². The van der Waals surface area contributed by atoms with Gasteiger partial charge in [-0.2, -0.15) is 0 Å². The van der Waals surface area contributed by atoms with Crippen molar-refractivity contribution in [3.63, 3.8) is 0 Å². The average Bonchev–Trinajstić information content (AvgIpc) is 2.96. The molecule has 1 aromatic heterocycles. The highest BCUT2D eigenvalue weighted by atomic mass is 16.4. The molecule has 2 unspecified atom stereocenters. The van der Waals surface area contributed by atoms with Gasteiger partial charge in [0.05, 0.1) is 6.61 Å². The predicted molar refractivity (Wildman–Crippen MR) is 70.9 cm³/mol. The molecular formula is C14H17NO5. The molecule has 108 valence electrons. The molecule has 2 rings (SSSR count). The van der Waals surface area contributed by atoms with Gasteiger partial charge >= 0.3 is 5.97 Å². The molecule has 1 aliphatic rings. The SMILES string of the molecule is CC1CC1c1ccc(/C=C/C(=O)N[C@H](CO)C(=O)O)o1. The first kappa shape index (κ1) is 14.3. The quantitative estimate of drug-likeness (QED) is 0.674. The van der Waals surface area contributed by atoms with Gasteiger partial charge in [-0.15, -0.1) is 0 Å². The lowest BCUT2D eigenvalue weighted by atomic mass is 10.3. The second kappa shape index (κ2) is 5.92. The zero-order chi connectivity index (χ0) is 14.7. The number of aliphatic carboxylic acids is 1. The van der Waals surface area contributed by atoms with E-state index in [2.05, 4.69) is 12.2 Å². The minimum atomic E-state index is -1.30. The van der Waals surface area contributed by atoms with Crippen molar-refractivity contribution in [1.82, 2.24) is 5.32 Å². The molecule has 6 heteroatoms. The molecule has 0 aromatic carbocycles. The molecule has 1 amide bonds. The van der Waals surface area contributed by atoms with Gasteiger partial charge in [-0.25, -0.2) is 4.79 Å². The summed E-state index contributed by atoms with van der Waals surface area (Å²) in [6, 6.07) is 2.36. The van der Waals surface area contributed by atoms with E-state index in [0.29, 0.717) is 17.6 Å². The number of aliphatic hydroxyl groups excluding tert-OH is 1. The molecule has 3 atom stereocenters. The van der Waals surface area contributed by atoms with E-state index >= 15 is 0 Å². The van der Waals surface area contributed by atoms with Gasteiger partial charge in [0.25, 0.3) is 0 Å². The topological polar surface area (TPSA) is 99.8 Å². The predicted octanol–water partition coefficient (Wildman–Crippen LogP) is 0.978. The highest BCUT2D eigenvalue weighted by Gasteiger charge is 2.36. The van der Waals surface area contributed by atoms with Crippen molar-refractivity contribution in [3.05, 3.63) is 29.7 Å². The largest absolute Gasteiger partial charge is 0.480 e. The zero-order valence-corrected chi connectivity index (χ0v) is 11.1. The van der Waals surface area contributed by atoms with E-state index in [4.69, 9.17) is 14.6 Å². The third-order valence-electron chi connectivity index (χ3n) is 3.32. The van der Waals surface area contributed by atoms with Crippen LogP contribution in [0.1, 0.15) is 30.8 Å². The molecule has 0 aliphatic heterocycles. The van der Waals surface area contributed by atoms with Crippen molar-refractivity contribution in [2.45, 2.75) is 25.3 Å². The molecule has 0 radical (unpaired) electrons. The molecule has 20 heavy (non-hydrogen) atoms. The number of hydrogen-bond donors (Lipinski definition) is 3. The van der Waals surface area contributed by atoms with Gasteiger partial charge < -0.3 is 19.9 Å². The lowest BCUT2D eigenvalue weighted by Gasteiger charge is -2.08. The summed E-state index contributed by atoms with van der Waals surface area (Å²) in [6.07, 6.45) is 3.78. The fourth-order valence-electron chi connectivity index (χ4n) is 1.94. The van der Waals surface area contributed by atoms with Crippen LogP contribution in [0.5, 0.6) is 0 Å². The van der Waals surface area contributed by atoms with Gasteiger partial charge in [0.15, 0.2) is 6.04 Å². The Labute approximate surface area is 116 Å². The number of carbonyl (C=O) groups excluding carboxylic acids is 1. The number of carbonyl (C=O) groups is 2. The van der Waals surface area contributed by atoms with Gasteiger partial charge in [0.1, 0.15) is 11.5 Å². The first-order valence-electron chi connectivity index (χ1n) is 6.43. The monoisotopic (exact) mass is 279 g/mol. The maximum absolute atomic E-state index is 11.5. The number of carboxylic acids is 1. The Hall–Kier alpha value is -2.08. The fraction of sp³-hybridized carbons (Fsp3) is 0.429. The van der Waals surface area contributed by atoms with Gasteiger partial charge in [-0.1, -0.05) is 6.92 Å². The Morgan fingerprint density at radius 1 is 1.55 bits per heavy atom. The Bertz CT molecular complexity index is 533. The summed E-state index contributed by atoms with van der Waals surface area (Å²) in [5.74, 6) is 0.696. The summed E-state index contributed by atoms with van der Waals surface area (Å²) < 4.78 is 5.57. The van der Waals surface area contributed by atoms with Crippen molar-refractivity contribution in [3.8, 4) is 0 Å². The minimum absolute atomic E-state index is 0.469. The van der Waals surface area contributed by atoms with Gasteiger partial charge in [-0.3, -0.25) is 4.79 Å². The average molecular weight is 279 g/mol. The van der Waals surface area contributed by atoms with Crippen molar-refractivity contribution >= 4 is 18.0 Å². The van der Waals surface area contributed by atoms with E-state index in [1.807, 2.05) is 6.07 Å². The van der Waals surface area contributed by atoms with Crippen LogP contribution in [0.25, 0.3) is 6.08 Å². The standard InChI is InChI=1S/C14H17NO5/c1-8-6-10(8)12-4-2-9(20-12)3-5-13(17)15-11(7-16)14(18)19/h2-5,8,10-11,16H,6-7H2,1H3,(H,15,17)(H,18,19)/b5-3+/t8?,10?,11-/m1/s1. The number of carboxylic acid groups (broad SMARTS) is 1. The van der Waals surface area contributed by atoms with Gasteiger partial charge in [0.2, 0.25) is 5.91 Å². The Balaban J connectivity index is 1.90. The molecule has 0 saturated heterocycles. The summed E-state index contributed by atoms with van der Waals surface area (Å²) in [5.41, 5.74) is 0. The Morgan fingerprint density at radius 2 is 2.25 bits per heavy atom. The number of aliphatic hydroxyl groups is 1. The highest BCUT2D eigenvalue weighted by Crippen LogP contribution is 2.47. The second-order valence-corrected chi connectivity index (χ2v) is 4.97. The van der Waals surface area contributed by atoms with E-state index < -0.39 is 24.5 Å². The van der Waals surface area contributed by atoms with Crippen LogP contribution in [-0.2, 0) is 9.59 Å². The van der Waals surface area contributed by atoms with Gasteiger partial charge in [-0.05, 0) is 30.5 Å². The molecule has 3 N–H and O–H groups in total. The van der Waals surface area contributed by atoms with E-state index in [9.17, 15) is 9.59 Å². The molecule has 1 fully saturated rings. The Morgan fingerprint density at radius 3 is 2.80 bits per heavy atom. The molecule has 6 nitrogen and oxygen atoms in total. The summed E-state index contributed by atoms with van der Waals surface area (Å²) in [4.78, 5) is 22.1. The number of furan rings is 1. The second-order valence-electron chi connectivity index (χ2n) is 4.97. The lowest BCUT2D eigenvalue weighted by molar-refractivity contribution is -0.142. The van der Waals surface area contributed by atoms with Crippen LogP contribution in [0.2, 0.25) is 0 Å². The number of amides is 1. The molecule has 1 heterocycles. The number of nitrogens with one attached hydrogen (secondary N) is 1. The number of rotatable bonds is 6. The minimum Gasteiger partial charge on any atom is -0.480 e. The molecule has 0 bridgehead atoms. The van der Waals surface area contributed by atoms with Crippen molar-refractivity contribution in [2.24, 2.45) is 5.92 Å². The van der Waals surface area contributed by atoms with Crippen LogP contribution in [0.3, 0.4) is 0 Å². The summed E-state index contributed by atoms with van der Waals surface area (Å²) in [6.45, 7) is 1.50. The molecular weight excluding hydrogens is 262 g/mol. The van der Waals surface area contributed by atoms with Crippen molar-refractivity contribution in [1.29, 1.82) is 0 Å². The molecule has 1 aromatic rings. The van der Waals surface area contributed by atoms with Crippen LogP contribution in [0, 0.1) is 5.92 Å². The van der Waals surface area contributed by atoms with E-state index in [-0.39, 0.29) is 0 Å². The first-order chi connectivity index (χ1) is 9.51. The van der Waals surface area contributed by atoms with Gasteiger partial charge in [0, 0.05) is 12.0 Å². The van der Waals surface area contributed by atoms with E-state index in [0.717, 1.165) is 12.2 Å². The first-order valence-corrected chi connectivity index (χ1v) is 6.43. The van der Waals surface area contributed by atoms with Crippen LogP contribution in [-0.4, -0.2) is 34.7 Å². The number of hydrogen-bond acceptors (Lipinski definition) is 4.